The maximum Gasteiger partial charge on any atom is 0.238 e. The van der Waals surface area contributed by atoms with Gasteiger partial charge in [0.2, 0.25) is 5.95 Å². The van der Waals surface area contributed by atoms with Gasteiger partial charge in [-0.1, -0.05) is 97.1 Å². The van der Waals surface area contributed by atoms with Crippen molar-refractivity contribution in [1.82, 2.24) is 19.5 Å². The molecule has 0 aliphatic rings. The van der Waals surface area contributed by atoms with E-state index in [1.807, 2.05) is 78.9 Å². The monoisotopic (exact) mass is 578 g/mol. The summed E-state index contributed by atoms with van der Waals surface area (Å²) in [5.74, 6) is 1.72. The molecule has 0 unspecified atom stereocenters. The standard InChI is InChI=1S/C39H22N4O2/c1-2-11-23(12-3-1)37-40-38(27-16-10-20-34-36(27)26-15-6-9-19-33(26)44-34)42-39(41-37)43-30-17-7-4-13-24(30)28-22-35-29(21-31(28)43)25-14-5-8-18-32(25)45-35/h1-22H. The van der Waals surface area contributed by atoms with Gasteiger partial charge in [-0.15, -0.1) is 0 Å². The number of hydrogen-bond acceptors (Lipinski definition) is 5. The summed E-state index contributed by atoms with van der Waals surface area (Å²) in [6.45, 7) is 0. The second kappa shape index (κ2) is 9.11. The normalized spacial score (nSPS) is 12.0. The van der Waals surface area contributed by atoms with Gasteiger partial charge in [-0.25, -0.2) is 4.98 Å². The van der Waals surface area contributed by atoms with Gasteiger partial charge in [0.1, 0.15) is 22.3 Å². The molecule has 6 aromatic carbocycles. The van der Waals surface area contributed by atoms with Crippen molar-refractivity contribution in [2.45, 2.75) is 0 Å². The predicted molar refractivity (Wildman–Crippen MR) is 180 cm³/mol. The number of fused-ring (bicyclic) bond motifs is 9. The van der Waals surface area contributed by atoms with Crippen molar-refractivity contribution in [1.29, 1.82) is 0 Å². The average molecular weight is 579 g/mol. The Kier molecular flexibility index (Phi) is 4.90. The zero-order valence-electron chi connectivity index (χ0n) is 23.8. The van der Waals surface area contributed by atoms with Gasteiger partial charge in [-0.05, 0) is 36.4 Å². The molecule has 6 nitrogen and oxygen atoms in total. The highest BCUT2D eigenvalue weighted by atomic mass is 16.3. The molecule has 0 N–H and O–H groups in total. The molecule has 0 spiro atoms. The summed E-state index contributed by atoms with van der Waals surface area (Å²) in [6, 6.07) is 45.1. The largest absolute Gasteiger partial charge is 0.456 e. The molecule has 0 aliphatic heterocycles. The minimum Gasteiger partial charge on any atom is -0.456 e. The van der Waals surface area contributed by atoms with Gasteiger partial charge in [0, 0.05) is 43.4 Å². The van der Waals surface area contributed by atoms with Crippen LogP contribution in [0.3, 0.4) is 0 Å². The van der Waals surface area contributed by atoms with Crippen LogP contribution in [0.25, 0.3) is 94.4 Å². The molecule has 0 fully saturated rings. The van der Waals surface area contributed by atoms with E-state index in [9.17, 15) is 0 Å². The van der Waals surface area contributed by atoms with Crippen LogP contribution in [0.15, 0.2) is 142 Å². The first kappa shape index (κ1) is 24.2. The molecule has 0 radical (unpaired) electrons. The summed E-state index contributed by atoms with van der Waals surface area (Å²) < 4.78 is 14.7. The molecule has 4 aromatic heterocycles. The number of nitrogens with zero attached hydrogens (tertiary/aromatic N) is 4. The minimum atomic E-state index is 0.544. The predicted octanol–water partition coefficient (Wildman–Crippen LogP) is 10.1. The molecule has 45 heavy (non-hydrogen) atoms. The molecule has 10 aromatic rings. The van der Waals surface area contributed by atoms with E-state index in [1.54, 1.807) is 0 Å². The number of benzene rings is 6. The van der Waals surface area contributed by atoms with Crippen LogP contribution in [0.2, 0.25) is 0 Å². The number of furan rings is 2. The van der Waals surface area contributed by atoms with Gasteiger partial charge in [-0.2, -0.15) is 9.97 Å². The van der Waals surface area contributed by atoms with Crippen LogP contribution >= 0.6 is 0 Å². The quantitative estimate of drug-likeness (QED) is 0.209. The van der Waals surface area contributed by atoms with E-state index in [2.05, 4.69) is 59.2 Å². The van der Waals surface area contributed by atoms with Gasteiger partial charge in [0.15, 0.2) is 11.6 Å². The van der Waals surface area contributed by atoms with Crippen LogP contribution in [0, 0.1) is 0 Å². The van der Waals surface area contributed by atoms with Crippen LogP contribution in [0.5, 0.6) is 0 Å². The molecule has 10 rings (SSSR count). The molecule has 0 atom stereocenters. The lowest BCUT2D eigenvalue weighted by atomic mass is 10.1. The summed E-state index contributed by atoms with van der Waals surface area (Å²) in [5, 5.41) is 6.31. The fourth-order valence-corrected chi connectivity index (χ4v) is 6.66. The Morgan fingerprint density at radius 1 is 0.422 bits per heavy atom. The van der Waals surface area contributed by atoms with E-state index in [4.69, 9.17) is 23.8 Å². The SMILES string of the molecule is c1ccc(-c2nc(-c3cccc4oc5ccccc5c34)nc(-n3c4ccccc4c4cc5oc6ccccc6c5cc43)n2)cc1. The molecule has 4 heterocycles. The first-order chi connectivity index (χ1) is 22.3. The fraction of sp³-hybridized carbons (Fsp3) is 0. The first-order valence-corrected chi connectivity index (χ1v) is 14.9. The van der Waals surface area contributed by atoms with Crippen molar-refractivity contribution < 1.29 is 8.83 Å². The van der Waals surface area contributed by atoms with Crippen LogP contribution in [-0.4, -0.2) is 19.5 Å². The highest BCUT2D eigenvalue weighted by Crippen LogP contribution is 2.39. The van der Waals surface area contributed by atoms with Crippen LogP contribution in [0.1, 0.15) is 0 Å². The topological polar surface area (TPSA) is 69.9 Å². The van der Waals surface area contributed by atoms with Crippen molar-refractivity contribution in [3.8, 4) is 28.7 Å². The molecule has 210 valence electrons. The van der Waals surface area contributed by atoms with Crippen LogP contribution in [0.4, 0.5) is 0 Å². The Labute approximate surface area is 255 Å². The van der Waals surface area contributed by atoms with Gasteiger partial charge < -0.3 is 8.83 Å². The third-order valence-electron chi connectivity index (χ3n) is 8.67. The zero-order chi connectivity index (χ0) is 29.5. The molecule has 6 heteroatoms. The summed E-state index contributed by atoms with van der Waals surface area (Å²) in [7, 11) is 0. The maximum absolute atomic E-state index is 6.29. The number of aromatic nitrogens is 4. The average Bonchev–Trinajstić information content (AvgIpc) is 3.76. The molecule has 0 saturated heterocycles. The van der Waals surface area contributed by atoms with Gasteiger partial charge in [0.05, 0.1) is 11.0 Å². The first-order valence-electron chi connectivity index (χ1n) is 14.9. The lowest BCUT2D eigenvalue weighted by molar-refractivity contribution is 0.669. The van der Waals surface area contributed by atoms with Crippen molar-refractivity contribution in [2.75, 3.05) is 0 Å². The van der Waals surface area contributed by atoms with Gasteiger partial charge in [0.25, 0.3) is 0 Å². The van der Waals surface area contributed by atoms with E-state index < -0.39 is 0 Å². The number of para-hydroxylation sites is 3. The lowest BCUT2D eigenvalue weighted by Gasteiger charge is -2.11. The van der Waals surface area contributed by atoms with Gasteiger partial charge >= 0.3 is 0 Å². The fourth-order valence-electron chi connectivity index (χ4n) is 6.66. The Hall–Kier alpha value is -6.27. The van der Waals surface area contributed by atoms with Crippen molar-refractivity contribution in [3.05, 3.63) is 133 Å². The molecule has 0 saturated carbocycles. The van der Waals surface area contributed by atoms with E-state index in [0.29, 0.717) is 17.6 Å². The minimum absolute atomic E-state index is 0.544. The lowest BCUT2D eigenvalue weighted by Crippen LogP contribution is -2.06. The maximum atomic E-state index is 6.29. The molecule has 0 amide bonds. The second-order valence-corrected chi connectivity index (χ2v) is 11.2. The summed E-state index contributed by atoms with van der Waals surface area (Å²) in [6.07, 6.45) is 0. The number of hydrogen-bond donors (Lipinski definition) is 0. The Morgan fingerprint density at radius 2 is 1.09 bits per heavy atom. The van der Waals surface area contributed by atoms with Crippen LogP contribution < -0.4 is 0 Å². The van der Waals surface area contributed by atoms with E-state index >= 15 is 0 Å². The molecular formula is C39H22N4O2. The summed E-state index contributed by atoms with van der Waals surface area (Å²) in [5.41, 5.74) is 7.15. The molecule has 0 bridgehead atoms. The highest BCUT2D eigenvalue weighted by molar-refractivity contribution is 6.17. The van der Waals surface area contributed by atoms with E-state index in [0.717, 1.165) is 76.8 Å². The molecule has 0 aliphatic carbocycles. The number of rotatable bonds is 3. The third-order valence-corrected chi connectivity index (χ3v) is 8.67. The highest BCUT2D eigenvalue weighted by Gasteiger charge is 2.21. The van der Waals surface area contributed by atoms with Crippen LogP contribution in [-0.2, 0) is 0 Å². The van der Waals surface area contributed by atoms with E-state index in [-0.39, 0.29) is 0 Å². The Morgan fingerprint density at radius 3 is 1.96 bits per heavy atom. The summed E-state index contributed by atoms with van der Waals surface area (Å²) >= 11 is 0. The smallest absolute Gasteiger partial charge is 0.238 e. The molecular weight excluding hydrogens is 556 g/mol. The van der Waals surface area contributed by atoms with Gasteiger partial charge in [-0.3, -0.25) is 4.57 Å². The third kappa shape index (κ3) is 3.53. The Bertz CT molecular complexity index is 2770. The van der Waals surface area contributed by atoms with E-state index in [1.165, 1.54) is 0 Å². The Balaban J connectivity index is 1.33. The second-order valence-electron chi connectivity index (χ2n) is 11.2. The zero-order valence-corrected chi connectivity index (χ0v) is 23.8. The van der Waals surface area contributed by atoms with Crippen molar-refractivity contribution in [3.63, 3.8) is 0 Å². The van der Waals surface area contributed by atoms with Crippen molar-refractivity contribution >= 4 is 65.7 Å². The summed E-state index contributed by atoms with van der Waals surface area (Å²) in [4.78, 5) is 15.4. The van der Waals surface area contributed by atoms with Crippen molar-refractivity contribution in [2.24, 2.45) is 0 Å².